The summed E-state index contributed by atoms with van der Waals surface area (Å²) in [5.74, 6) is 0.471. The minimum absolute atomic E-state index is 0.412. The Morgan fingerprint density at radius 3 is 2.68 bits per heavy atom. The molecule has 0 radical (unpaired) electrons. The fraction of sp³-hybridized carbons (Fsp3) is 0.600. The summed E-state index contributed by atoms with van der Waals surface area (Å²) in [6.07, 6.45) is -0.584. The maximum atomic E-state index is 11.8. The van der Waals surface area contributed by atoms with Crippen LogP contribution in [0.25, 0.3) is 0 Å². The Morgan fingerprint density at radius 1 is 1.42 bits per heavy atom. The Hall–Kier alpha value is -1.06. The van der Waals surface area contributed by atoms with Crippen LogP contribution in [0.5, 0.6) is 0 Å². The first kappa shape index (κ1) is 14.4. The average Bonchev–Trinajstić information content (AvgIpc) is 2.98. The van der Waals surface area contributed by atoms with E-state index in [1.807, 2.05) is 0 Å². The molecule has 0 aromatic heterocycles. The molecule has 1 saturated heterocycles. The third-order valence-electron chi connectivity index (χ3n) is 2.71. The molecule has 2 N–H and O–H groups in total. The van der Waals surface area contributed by atoms with Crippen LogP contribution in [-0.2, 0) is 14.3 Å². The monoisotopic (exact) mass is 305 g/mol. The molecular formula is C10H15N3O4S2. The van der Waals surface area contributed by atoms with Gasteiger partial charge < -0.3 is 9.47 Å². The lowest BCUT2D eigenvalue weighted by Crippen LogP contribution is -2.55. The van der Waals surface area contributed by atoms with Crippen LogP contribution >= 0.6 is 23.5 Å². The molecule has 0 aromatic rings. The van der Waals surface area contributed by atoms with E-state index in [1.165, 1.54) is 26.0 Å². The van der Waals surface area contributed by atoms with Gasteiger partial charge in [0.15, 0.2) is 0 Å². The van der Waals surface area contributed by atoms with Crippen LogP contribution < -0.4 is 10.7 Å². The molecule has 2 heterocycles. The van der Waals surface area contributed by atoms with Gasteiger partial charge in [-0.05, 0) is 6.92 Å². The van der Waals surface area contributed by atoms with Gasteiger partial charge in [-0.25, -0.2) is 20.0 Å². The number of nitrogens with zero attached hydrogens (tertiary/aromatic N) is 1. The highest BCUT2D eigenvalue weighted by atomic mass is 32.2. The normalized spacial score (nSPS) is 25.9. The second-order valence-corrected chi connectivity index (χ2v) is 6.55. The predicted molar refractivity (Wildman–Crippen MR) is 72.9 cm³/mol. The number of hydrazine groups is 1. The SMILES string of the molecule is COC(=O)NN1C(C)=C(C(=O)OC)SC12NCCS2. The van der Waals surface area contributed by atoms with Gasteiger partial charge in [-0.2, -0.15) is 0 Å². The molecule has 1 unspecified atom stereocenters. The Morgan fingerprint density at radius 2 is 2.16 bits per heavy atom. The number of methoxy groups -OCH3 is 2. The maximum absolute atomic E-state index is 11.8. The van der Waals surface area contributed by atoms with Crippen molar-refractivity contribution < 1.29 is 19.1 Å². The van der Waals surface area contributed by atoms with Crippen molar-refractivity contribution in [3.8, 4) is 0 Å². The standard InChI is InChI=1S/C10H15N3O4S2/c1-6-7(8(14)16-2)19-10(11-4-5-18-10)13(6)12-9(15)17-3/h11H,4-5H2,1-3H3,(H,12,15). The number of hydrogen-bond donors (Lipinski definition) is 2. The third kappa shape index (κ3) is 2.49. The van der Waals surface area contributed by atoms with Crippen molar-refractivity contribution in [2.45, 2.75) is 11.3 Å². The zero-order chi connectivity index (χ0) is 14.0. The van der Waals surface area contributed by atoms with Crippen molar-refractivity contribution in [1.82, 2.24) is 15.8 Å². The molecule has 0 aliphatic carbocycles. The van der Waals surface area contributed by atoms with Gasteiger partial charge in [-0.15, -0.1) is 11.8 Å². The second-order valence-electron chi connectivity index (χ2n) is 3.80. The molecule has 1 amide bonds. The van der Waals surface area contributed by atoms with Crippen molar-refractivity contribution >= 4 is 35.6 Å². The van der Waals surface area contributed by atoms with E-state index in [2.05, 4.69) is 15.5 Å². The van der Waals surface area contributed by atoms with Gasteiger partial charge in [0.25, 0.3) is 0 Å². The first-order valence-electron chi connectivity index (χ1n) is 5.56. The summed E-state index contributed by atoms with van der Waals surface area (Å²) in [6.45, 7) is 2.54. The summed E-state index contributed by atoms with van der Waals surface area (Å²) >= 11 is 2.94. The van der Waals surface area contributed by atoms with E-state index in [0.29, 0.717) is 10.6 Å². The first-order valence-corrected chi connectivity index (χ1v) is 7.36. The van der Waals surface area contributed by atoms with Crippen LogP contribution in [-0.4, -0.2) is 47.9 Å². The molecule has 0 bridgehead atoms. The topological polar surface area (TPSA) is 79.9 Å². The van der Waals surface area contributed by atoms with E-state index in [0.717, 1.165) is 12.3 Å². The number of esters is 1. The van der Waals surface area contributed by atoms with Crippen molar-refractivity contribution in [2.75, 3.05) is 26.5 Å². The lowest BCUT2D eigenvalue weighted by molar-refractivity contribution is -0.135. The molecule has 9 heteroatoms. The molecule has 19 heavy (non-hydrogen) atoms. The summed E-state index contributed by atoms with van der Waals surface area (Å²) in [5.41, 5.74) is 3.25. The number of allylic oxidation sites excluding steroid dienone is 1. The Labute approximate surface area is 119 Å². The molecule has 2 aliphatic rings. The summed E-state index contributed by atoms with van der Waals surface area (Å²) in [6, 6.07) is 0. The van der Waals surface area contributed by atoms with Crippen LogP contribution in [0.4, 0.5) is 4.79 Å². The number of thioether (sulfide) groups is 2. The number of rotatable bonds is 2. The number of hydrogen-bond acceptors (Lipinski definition) is 8. The number of ether oxygens (including phenoxy) is 2. The fourth-order valence-corrected chi connectivity index (χ4v) is 4.68. The van der Waals surface area contributed by atoms with E-state index in [-0.39, 0.29) is 0 Å². The van der Waals surface area contributed by atoms with Gasteiger partial charge >= 0.3 is 12.1 Å². The molecule has 1 spiro atoms. The van der Waals surface area contributed by atoms with Gasteiger partial charge in [0.05, 0.1) is 19.9 Å². The lowest BCUT2D eigenvalue weighted by atomic mass is 10.4. The van der Waals surface area contributed by atoms with Gasteiger partial charge in [-0.1, -0.05) is 11.8 Å². The van der Waals surface area contributed by atoms with Crippen LogP contribution in [0.1, 0.15) is 6.92 Å². The highest BCUT2D eigenvalue weighted by Crippen LogP contribution is 2.52. The van der Waals surface area contributed by atoms with Crippen LogP contribution in [0, 0.1) is 0 Å². The summed E-state index contributed by atoms with van der Waals surface area (Å²) in [4.78, 5) is 23.7. The molecule has 0 saturated carbocycles. The molecule has 7 nitrogen and oxygen atoms in total. The molecule has 106 valence electrons. The van der Waals surface area contributed by atoms with Gasteiger partial charge in [0.2, 0.25) is 4.33 Å². The summed E-state index contributed by atoms with van der Waals surface area (Å²) < 4.78 is 8.76. The van der Waals surface area contributed by atoms with E-state index in [9.17, 15) is 9.59 Å². The smallest absolute Gasteiger partial charge is 0.425 e. The summed E-state index contributed by atoms with van der Waals surface area (Å²) in [5, 5.41) is 4.90. The van der Waals surface area contributed by atoms with E-state index < -0.39 is 16.4 Å². The van der Waals surface area contributed by atoms with Crippen LogP contribution in [0.3, 0.4) is 0 Å². The van der Waals surface area contributed by atoms with Crippen molar-refractivity contribution in [3.63, 3.8) is 0 Å². The largest absolute Gasteiger partial charge is 0.465 e. The Balaban J connectivity index is 2.29. The molecule has 1 fully saturated rings. The van der Waals surface area contributed by atoms with Crippen molar-refractivity contribution in [1.29, 1.82) is 0 Å². The van der Waals surface area contributed by atoms with Gasteiger partial charge in [-0.3, -0.25) is 5.32 Å². The molecular weight excluding hydrogens is 290 g/mol. The van der Waals surface area contributed by atoms with Gasteiger partial charge in [0, 0.05) is 12.3 Å². The Bertz CT molecular complexity index is 434. The quantitative estimate of drug-likeness (QED) is 0.720. The molecule has 2 rings (SSSR count). The van der Waals surface area contributed by atoms with Crippen molar-refractivity contribution in [2.24, 2.45) is 0 Å². The minimum atomic E-state index is -0.609. The Kier molecular flexibility index (Phi) is 4.16. The number of carbonyl (C=O) groups excluding carboxylic acids is 2. The van der Waals surface area contributed by atoms with E-state index in [1.54, 1.807) is 23.7 Å². The number of carbonyl (C=O) groups is 2. The van der Waals surface area contributed by atoms with E-state index >= 15 is 0 Å². The summed E-state index contributed by atoms with van der Waals surface area (Å²) in [7, 11) is 2.63. The van der Waals surface area contributed by atoms with Gasteiger partial charge in [0.1, 0.15) is 4.91 Å². The fourth-order valence-electron chi connectivity index (χ4n) is 1.82. The molecule has 2 aliphatic heterocycles. The maximum Gasteiger partial charge on any atom is 0.425 e. The van der Waals surface area contributed by atoms with E-state index in [4.69, 9.17) is 4.74 Å². The average molecular weight is 305 g/mol. The highest BCUT2D eigenvalue weighted by molar-refractivity contribution is 8.20. The third-order valence-corrected chi connectivity index (χ3v) is 5.71. The minimum Gasteiger partial charge on any atom is -0.465 e. The number of amides is 1. The highest BCUT2D eigenvalue weighted by Gasteiger charge is 2.51. The first-order chi connectivity index (χ1) is 9.04. The van der Waals surface area contributed by atoms with Crippen LogP contribution in [0.2, 0.25) is 0 Å². The zero-order valence-corrected chi connectivity index (χ0v) is 12.4. The molecule has 1 atom stereocenters. The zero-order valence-electron chi connectivity index (χ0n) is 10.8. The van der Waals surface area contributed by atoms with Crippen molar-refractivity contribution in [3.05, 3.63) is 10.6 Å². The number of nitrogens with one attached hydrogen (secondary N) is 2. The lowest BCUT2D eigenvalue weighted by Gasteiger charge is -2.35. The molecule has 0 aromatic carbocycles. The van der Waals surface area contributed by atoms with Crippen LogP contribution in [0.15, 0.2) is 10.6 Å². The predicted octanol–water partition coefficient (Wildman–Crippen LogP) is 0.658. The second kappa shape index (κ2) is 5.51.